The van der Waals surface area contributed by atoms with Gasteiger partial charge in [-0.2, -0.15) is 0 Å². The second-order valence-electron chi connectivity index (χ2n) is 5.26. The Morgan fingerprint density at radius 3 is 2.24 bits per heavy atom. The number of methoxy groups -OCH3 is 2. The molecule has 0 bridgehead atoms. The van der Waals surface area contributed by atoms with Crippen LogP contribution in [0.15, 0.2) is 47.4 Å². The van der Waals surface area contributed by atoms with E-state index in [-0.39, 0.29) is 17.2 Å². The Hall–Kier alpha value is -2.58. The van der Waals surface area contributed by atoms with Crippen molar-refractivity contribution in [2.45, 2.75) is 11.8 Å². The Labute approximate surface area is 147 Å². The standard InChI is InChI=1S/C17H20N2O5S/c1-12-4-6-13(7-5-12)19-17(20)11-18-25(21,22)14-8-9-15(23-2)16(10-14)24-3/h4-10,18H,11H2,1-3H3,(H,19,20). The van der Waals surface area contributed by atoms with E-state index in [0.29, 0.717) is 11.4 Å². The predicted molar refractivity (Wildman–Crippen MR) is 94.5 cm³/mol. The van der Waals surface area contributed by atoms with Gasteiger partial charge >= 0.3 is 0 Å². The van der Waals surface area contributed by atoms with Gasteiger partial charge in [-0.05, 0) is 31.2 Å². The van der Waals surface area contributed by atoms with Crippen LogP contribution < -0.4 is 19.5 Å². The summed E-state index contributed by atoms with van der Waals surface area (Å²) in [6.07, 6.45) is 0. The van der Waals surface area contributed by atoms with E-state index in [1.54, 1.807) is 12.1 Å². The van der Waals surface area contributed by atoms with Crippen LogP contribution in [0.3, 0.4) is 0 Å². The number of anilines is 1. The molecule has 0 heterocycles. The highest BCUT2D eigenvalue weighted by Gasteiger charge is 2.18. The molecule has 25 heavy (non-hydrogen) atoms. The fourth-order valence-electron chi connectivity index (χ4n) is 2.07. The number of amides is 1. The van der Waals surface area contributed by atoms with Crippen LogP contribution in [0.1, 0.15) is 5.56 Å². The lowest BCUT2D eigenvalue weighted by atomic mass is 10.2. The third-order valence-corrected chi connectivity index (χ3v) is 4.82. The third kappa shape index (κ3) is 4.94. The molecule has 2 aromatic rings. The number of benzene rings is 2. The molecular weight excluding hydrogens is 344 g/mol. The summed E-state index contributed by atoms with van der Waals surface area (Å²) in [5.74, 6) is 0.237. The second-order valence-corrected chi connectivity index (χ2v) is 7.02. The minimum absolute atomic E-state index is 0.0201. The Kier molecular flexibility index (Phi) is 6.00. The quantitative estimate of drug-likeness (QED) is 0.783. The van der Waals surface area contributed by atoms with Crippen molar-refractivity contribution in [1.82, 2.24) is 4.72 Å². The molecule has 0 spiro atoms. The zero-order valence-electron chi connectivity index (χ0n) is 14.2. The van der Waals surface area contributed by atoms with E-state index in [1.807, 2.05) is 19.1 Å². The monoisotopic (exact) mass is 364 g/mol. The number of nitrogens with one attached hydrogen (secondary N) is 2. The van der Waals surface area contributed by atoms with Gasteiger partial charge < -0.3 is 14.8 Å². The van der Waals surface area contributed by atoms with Gasteiger partial charge in [0.05, 0.1) is 25.7 Å². The number of rotatable bonds is 7. The maximum atomic E-state index is 12.3. The van der Waals surface area contributed by atoms with Crippen LogP contribution in [0.2, 0.25) is 0 Å². The summed E-state index contributed by atoms with van der Waals surface area (Å²) in [6.45, 7) is 1.55. The van der Waals surface area contributed by atoms with Crippen molar-refractivity contribution in [2.75, 3.05) is 26.1 Å². The Bertz CT molecular complexity index is 848. The molecule has 7 nitrogen and oxygen atoms in total. The highest BCUT2D eigenvalue weighted by molar-refractivity contribution is 7.89. The van der Waals surface area contributed by atoms with Crippen molar-refractivity contribution in [1.29, 1.82) is 0 Å². The normalized spacial score (nSPS) is 11.0. The minimum Gasteiger partial charge on any atom is -0.493 e. The van der Waals surface area contributed by atoms with E-state index in [1.165, 1.54) is 32.4 Å². The van der Waals surface area contributed by atoms with Crippen molar-refractivity contribution in [2.24, 2.45) is 0 Å². The lowest BCUT2D eigenvalue weighted by Crippen LogP contribution is -2.32. The molecule has 0 atom stereocenters. The summed E-state index contributed by atoms with van der Waals surface area (Å²) in [4.78, 5) is 11.9. The van der Waals surface area contributed by atoms with E-state index >= 15 is 0 Å². The molecule has 2 N–H and O–H groups in total. The van der Waals surface area contributed by atoms with Gasteiger partial charge in [-0.1, -0.05) is 17.7 Å². The van der Waals surface area contributed by atoms with Crippen molar-refractivity contribution < 1.29 is 22.7 Å². The number of carbonyl (C=O) groups is 1. The molecule has 0 aliphatic heterocycles. The maximum Gasteiger partial charge on any atom is 0.241 e. The molecule has 0 unspecified atom stereocenters. The first-order valence-electron chi connectivity index (χ1n) is 7.44. The molecular formula is C17H20N2O5S. The van der Waals surface area contributed by atoms with Gasteiger partial charge in [0.1, 0.15) is 0 Å². The number of carbonyl (C=O) groups excluding carboxylic acids is 1. The third-order valence-electron chi connectivity index (χ3n) is 3.42. The van der Waals surface area contributed by atoms with Crippen LogP contribution in [-0.2, 0) is 14.8 Å². The molecule has 0 radical (unpaired) electrons. The van der Waals surface area contributed by atoms with E-state index in [9.17, 15) is 13.2 Å². The van der Waals surface area contributed by atoms with Gasteiger partial charge in [0.15, 0.2) is 11.5 Å². The fourth-order valence-corrected chi connectivity index (χ4v) is 3.07. The number of ether oxygens (including phenoxy) is 2. The van der Waals surface area contributed by atoms with Crippen LogP contribution in [0.5, 0.6) is 11.5 Å². The van der Waals surface area contributed by atoms with Crippen LogP contribution in [-0.4, -0.2) is 35.1 Å². The molecule has 2 aromatic carbocycles. The fraction of sp³-hybridized carbons (Fsp3) is 0.235. The number of hydrogen-bond acceptors (Lipinski definition) is 5. The average Bonchev–Trinajstić information content (AvgIpc) is 2.61. The van der Waals surface area contributed by atoms with Gasteiger partial charge in [0, 0.05) is 11.8 Å². The van der Waals surface area contributed by atoms with E-state index in [4.69, 9.17) is 9.47 Å². The molecule has 0 saturated carbocycles. The van der Waals surface area contributed by atoms with Gasteiger partial charge in [-0.15, -0.1) is 0 Å². The molecule has 0 aromatic heterocycles. The number of aryl methyl sites for hydroxylation is 1. The summed E-state index contributed by atoms with van der Waals surface area (Å²) >= 11 is 0. The van der Waals surface area contributed by atoms with Crippen LogP contribution in [0.4, 0.5) is 5.69 Å². The second kappa shape index (κ2) is 8.00. The van der Waals surface area contributed by atoms with Crippen molar-refractivity contribution in [3.63, 3.8) is 0 Å². The Morgan fingerprint density at radius 1 is 1.00 bits per heavy atom. The first-order chi connectivity index (χ1) is 11.9. The van der Waals surface area contributed by atoms with Crippen LogP contribution in [0, 0.1) is 6.92 Å². The first kappa shape index (κ1) is 18.8. The smallest absolute Gasteiger partial charge is 0.241 e. The van der Waals surface area contributed by atoms with Crippen LogP contribution in [0.25, 0.3) is 0 Å². The minimum atomic E-state index is -3.86. The van der Waals surface area contributed by atoms with Gasteiger partial charge in [-0.25, -0.2) is 13.1 Å². The van der Waals surface area contributed by atoms with E-state index in [2.05, 4.69) is 10.0 Å². The van der Waals surface area contributed by atoms with Crippen LogP contribution >= 0.6 is 0 Å². The largest absolute Gasteiger partial charge is 0.493 e. The van der Waals surface area contributed by atoms with Gasteiger partial charge in [0.2, 0.25) is 15.9 Å². The molecule has 0 saturated heterocycles. The number of hydrogen-bond donors (Lipinski definition) is 2. The zero-order valence-corrected chi connectivity index (χ0v) is 15.0. The topological polar surface area (TPSA) is 93.7 Å². The predicted octanol–water partition coefficient (Wildman–Crippen LogP) is 1.93. The summed E-state index contributed by atoms with van der Waals surface area (Å²) < 4.78 is 37.0. The summed E-state index contributed by atoms with van der Waals surface area (Å²) in [7, 11) is -0.987. The van der Waals surface area contributed by atoms with Crippen molar-refractivity contribution in [3.8, 4) is 11.5 Å². The molecule has 0 aliphatic carbocycles. The van der Waals surface area contributed by atoms with Crippen molar-refractivity contribution in [3.05, 3.63) is 48.0 Å². The van der Waals surface area contributed by atoms with Gasteiger partial charge in [0.25, 0.3) is 0 Å². The molecule has 0 aliphatic rings. The molecule has 0 fully saturated rings. The molecule has 1 amide bonds. The molecule has 8 heteroatoms. The average molecular weight is 364 g/mol. The molecule has 2 rings (SSSR count). The zero-order chi connectivity index (χ0) is 18.4. The Balaban J connectivity index is 2.03. The first-order valence-corrected chi connectivity index (χ1v) is 8.92. The van der Waals surface area contributed by atoms with E-state index in [0.717, 1.165) is 5.56 Å². The number of sulfonamides is 1. The summed E-state index contributed by atoms with van der Waals surface area (Å²) in [6, 6.07) is 11.4. The SMILES string of the molecule is COc1ccc(S(=O)(=O)NCC(=O)Nc2ccc(C)cc2)cc1OC. The summed E-state index contributed by atoms with van der Waals surface area (Å²) in [5.41, 5.74) is 1.66. The highest BCUT2D eigenvalue weighted by Crippen LogP contribution is 2.29. The maximum absolute atomic E-state index is 12.3. The van der Waals surface area contributed by atoms with Crippen molar-refractivity contribution >= 4 is 21.6 Å². The summed E-state index contributed by atoms with van der Waals surface area (Å²) in [5, 5.41) is 2.62. The highest BCUT2D eigenvalue weighted by atomic mass is 32.2. The Morgan fingerprint density at radius 2 is 1.64 bits per heavy atom. The van der Waals surface area contributed by atoms with E-state index < -0.39 is 15.9 Å². The lowest BCUT2D eigenvalue weighted by Gasteiger charge is -2.11. The van der Waals surface area contributed by atoms with Gasteiger partial charge in [-0.3, -0.25) is 4.79 Å². The lowest BCUT2D eigenvalue weighted by molar-refractivity contribution is -0.115. The molecule has 134 valence electrons.